The zero-order valence-electron chi connectivity index (χ0n) is 12.7. The number of ether oxygens (including phenoxy) is 1. The summed E-state index contributed by atoms with van der Waals surface area (Å²) < 4.78 is 5.43. The monoisotopic (exact) mass is 279 g/mol. The molecule has 1 heterocycles. The Morgan fingerprint density at radius 1 is 1.30 bits per heavy atom. The Morgan fingerprint density at radius 2 is 2.05 bits per heavy atom. The maximum atomic E-state index is 12.4. The molecule has 1 amide bonds. The number of nitrogens with zero attached hydrogens (tertiary/aromatic N) is 1. The van der Waals surface area contributed by atoms with Gasteiger partial charge in [0.15, 0.2) is 0 Å². The molecule has 2 rings (SSSR count). The van der Waals surface area contributed by atoms with Crippen molar-refractivity contribution < 1.29 is 14.3 Å². The fourth-order valence-electron chi connectivity index (χ4n) is 2.89. The largest absolute Gasteiger partial charge is 0.458 e. The van der Waals surface area contributed by atoms with Gasteiger partial charge in [-0.2, -0.15) is 0 Å². The van der Waals surface area contributed by atoms with E-state index in [-0.39, 0.29) is 17.9 Å². The first-order valence-corrected chi connectivity index (χ1v) is 7.56. The van der Waals surface area contributed by atoms with Crippen molar-refractivity contribution in [3.05, 3.63) is 12.2 Å². The molecule has 2 atom stereocenters. The molecular weight excluding hydrogens is 254 g/mol. The van der Waals surface area contributed by atoms with E-state index in [2.05, 4.69) is 12.2 Å². The summed E-state index contributed by atoms with van der Waals surface area (Å²) in [7, 11) is 0. The number of hydrogen-bond acceptors (Lipinski definition) is 3. The number of allylic oxidation sites excluding steroid dienone is 2. The molecule has 0 aromatic rings. The number of likely N-dealkylation sites (tertiary alicyclic amines) is 1. The van der Waals surface area contributed by atoms with E-state index in [1.165, 1.54) is 0 Å². The average molecular weight is 279 g/mol. The maximum Gasteiger partial charge on any atom is 0.329 e. The Hall–Kier alpha value is -1.32. The minimum absolute atomic E-state index is 0.0925. The molecule has 2 aliphatic rings. The van der Waals surface area contributed by atoms with E-state index in [4.69, 9.17) is 4.74 Å². The highest BCUT2D eigenvalue weighted by Gasteiger charge is 2.37. The van der Waals surface area contributed by atoms with Gasteiger partial charge in [0, 0.05) is 13.0 Å². The Balaban J connectivity index is 1.94. The standard InChI is InChI=1S/C16H25NO3/c1-16(2,3)20-15(19)13-9-6-10-17(13)14(18)11-12-7-4-5-8-12/h4,7,12-13H,5-6,8-11H2,1-3H3/t12?,13-/m1/s1. The number of carbonyl (C=O) groups is 2. The number of esters is 1. The minimum Gasteiger partial charge on any atom is -0.458 e. The molecule has 0 aromatic heterocycles. The molecular formula is C16H25NO3. The van der Waals surface area contributed by atoms with Gasteiger partial charge in [-0.1, -0.05) is 12.2 Å². The summed E-state index contributed by atoms with van der Waals surface area (Å²) in [5.41, 5.74) is -0.497. The van der Waals surface area contributed by atoms with Gasteiger partial charge in [0.25, 0.3) is 0 Å². The van der Waals surface area contributed by atoms with Gasteiger partial charge in [-0.3, -0.25) is 4.79 Å². The third-order valence-corrected chi connectivity index (χ3v) is 3.80. The molecule has 0 saturated carbocycles. The lowest BCUT2D eigenvalue weighted by Gasteiger charge is -2.28. The van der Waals surface area contributed by atoms with Gasteiger partial charge >= 0.3 is 5.97 Å². The van der Waals surface area contributed by atoms with Crippen LogP contribution in [0.5, 0.6) is 0 Å². The van der Waals surface area contributed by atoms with Crippen LogP contribution < -0.4 is 0 Å². The summed E-state index contributed by atoms with van der Waals surface area (Å²) in [4.78, 5) is 26.3. The molecule has 4 heteroatoms. The molecule has 1 unspecified atom stereocenters. The third-order valence-electron chi connectivity index (χ3n) is 3.80. The van der Waals surface area contributed by atoms with Crippen molar-refractivity contribution in [2.75, 3.05) is 6.54 Å². The Kier molecular flexibility index (Phi) is 4.51. The topological polar surface area (TPSA) is 46.6 Å². The number of carbonyl (C=O) groups excluding carboxylic acids is 2. The molecule has 0 N–H and O–H groups in total. The summed E-state index contributed by atoms with van der Waals surface area (Å²) in [6, 6.07) is -0.382. The highest BCUT2D eigenvalue weighted by molar-refractivity contribution is 5.85. The van der Waals surface area contributed by atoms with E-state index in [0.717, 1.165) is 25.7 Å². The molecule has 0 bridgehead atoms. The summed E-state index contributed by atoms with van der Waals surface area (Å²) in [5, 5.41) is 0. The van der Waals surface area contributed by atoms with Crippen molar-refractivity contribution in [1.82, 2.24) is 4.90 Å². The quantitative estimate of drug-likeness (QED) is 0.589. The van der Waals surface area contributed by atoms with Crippen molar-refractivity contribution >= 4 is 11.9 Å². The predicted molar refractivity (Wildman–Crippen MR) is 77.1 cm³/mol. The molecule has 1 aliphatic carbocycles. The van der Waals surface area contributed by atoms with Crippen LogP contribution in [0.3, 0.4) is 0 Å². The highest BCUT2D eigenvalue weighted by atomic mass is 16.6. The van der Waals surface area contributed by atoms with Gasteiger partial charge in [0.1, 0.15) is 11.6 Å². The van der Waals surface area contributed by atoms with Gasteiger partial charge < -0.3 is 9.64 Å². The van der Waals surface area contributed by atoms with E-state index >= 15 is 0 Å². The van der Waals surface area contributed by atoms with Crippen molar-refractivity contribution in [3.8, 4) is 0 Å². The third kappa shape index (κ3) is 3.84. The fourth-order valence-corrected chi connectivity index (χ4v) is 2.89. The van der Waals surface area contributed by atoms with Crippen molar-refractivity contribution in [3.63, 3.8) is 0 Å². The van der Waals surface area contributed by atoms with Gasteiger partial charge in [-0.05, 0) is 52.4 Å². The molecule has 20 heavy (non-hydrogen) atoms. The van der Waals surface area contributed by atoms with Crippen LogP contribution in [0.2, 0.25) is 0 Å². The van der Waals surface area contributed by atoms with E-state index < -0.39 is 5.60 Å². The predicted octanol–water partition coefficient (Wildman–Crippen LogP) is 2.68. The Labute approximate surface area is 121 Å². The second-order valence-electron chi connectivity index (χ2n) is 6.75. The SMILES string of the molecule is CC(C)(C)OC(=O)[C@H]1CCCN1C(=O)CC1C=CCC1. The summed E-state index contributed by atoms with van der Waals surface area (Å²) in [5.74, 6) is 0.183. The molecule has 0 radical (unpaired) electrons. The van der Waals surface area contributed by atoms with E-state index in [1.54, 1.807) is 4.90 Å². The molecule has 0 aromatic carbocycles. The van der Waals surface area contributed by atoms with Crippen LogP contribution in [0.4, 0.5) is 0 Å². The van der Waals surface area contributed by atoms with Crippen LogP contribution in [0.25, 0.3) is 0 Å². The van der Waals surface area contributed by atoms with Gasteiger partial charge in [-0.15, -0.1) is 0 Å². The smallest absolute Gasteiger partial charge is 0.329 e. The second kappa shape index (κ2) is 5.98. The summed E-state index contributed by atoms with van der Waals surface area (Å²) in [6.45, 7) is 6.25. The number of rotatable bonds is 3. The summed E-state index contributed by atoms with van der Waals surface area (Å²) in [6.07, 6.45) is 8.50. The van der Waals surface area contributed by atoms with Crippen LogP contribution in [-0.2, 0) is 14.3 Å². The first kappa shape index (κ1) is 15.1. The zero-order chi connectivity index (χ0) is 14.8. The zero-order valence-corrected chi connectivity index (χ0v) is 12.7. The summed E-state index contributed by atoms with van der Waals surface area (Å²) >= 11 is 0. The lowest BCUT2D eigenvalue weighted by molar-refractivity contribution is -0.163. The van der Waals surface area contributed by atoms with Gasteiger partial charge in [0.2, 0.25) is 5.91 Å². The molecule has 4 nitrogen and oxygen atoms in total. The second-order valence-corrected chi connectivity index (χ2v) is 6.75. The molecule has 0 spiro atoms. The normalized spacial score (nSPS) is 26.1. The van der Waals surface area contributed by atoms with E-state index in [1.807, 2.05) is 20.8 Å². The lowest BCUT2D eigenvalue weighted by Crippen LogP contribution is -2.43. The van der Waals surface area contributed by atoms with Crippen molar-refractivity contribution in [1.29, 1.82) is 0 Å². The maximum absolute atomic E-state index is 12.4. The fraction of sp³-hybridized carbons (Fsp3) is 0.750. The number of amides is 1. The average Bonchev–Trinajstić information content (AvgIpc) is 2.96. The van der Waals surface area contributed by atoms with Crippen LogP contribution >= 0.6 is 0 Å². The Bertz CT molecular complexity index is 408. The van der Waals surface area contributed by atoms with Gasteiger partial charge in [0.05, 0.1) is 0 Å². The highest BCUT2D eigenvalue weighted by Crippen LogP contribution is 2.26. The lowest BCUT2D eigenvalue weighted by atomic mass is 10.0. The number of hydrogen-bond donors (Lipinski definition) is 0. The van der Waals surface area contributed by atoms with Crippen LogP contribution in [-0.4, -0.2) is 35.0 Å². The van der Waals surface area contributed by atoms with Crippen LogP contribution in [0.1, 0.15) is 52.9 Å². The first-order valence-electron chi connectivity index (χ1n) is 7.56. The molecule has 1 aliphatic heterocycles. The minimum atomic E-state index is -0.497. The first-order chi connectivity index (χ1) is 9.37. The molecule has 112 valence electrons. The Morgan fingerprint density at radius 3 is 2.65 bits per heavy atom. The van der Waals surface area contributed by atoms with E-state index in [9.17, 15) is 9.59 Å². The molecule has 1 fully saturated rings. The van der Waals surface area contributed by atoms with Crippen molar-refractivity contribution in [2.45, 2.75) is 64.5 Å². The van der Waals surface area contributed by atoms with Gasteiger partial charge in [-0.25, -0.2) is 4.79 Å². The molecule has 1 saturated heterocycles. The van der Waals surface area contributed by atoms with E-state index in [0.29, 0.717) is 18.9 Å². The van der Waals surface area contributed by atoms with Crippen LogP contribution in [0, 0.1) is 5.92 Å². The van der Waals surface area contributed by atoms with Crippen LogP contribution in [0.15, 0.2) is 12.2 Å². The van der Waals surface area contributed by atoms with Crippen molar-refractivity contribution in [2.24, 2.45) is 5.92 Å².